The number of aromatic amines is 1. The van der Waals surface area contributed by atoms with Crippen molar-refractivity contribution in [3.8, 4) is 0 Å². The van der Waals surface area contributed by atoms with Gasteiger partial charge in [-0.25, -0.2) is 9.78 Å². The number of nitrogens with zero attached hydrogens (tertiary/aromatic N) is 3. The minimum absolute atomic E-state index is 0.0693. The van der Waals surface area contributed by atoms with Gasteiger partial charge in [0.15, 0.2) is 0 Å². The lowest BCUT2D eigenvalue weighted by molar-refractivity contribution is 0.234. The minimum atomic E-state index is -0.0693. The summed E-state index contributed by atoms with van der Waals surface area (Å²) >= 11 is 0. The fourth-order valence-corrected chi connectivity index (χ4v) is 3.14. The van der Waals surface area contributed by atoms with E-state index < -0.39 is 0 Å². The molecule has 0 aliphatic carbocycles. The van der Waals surface area contributed by atoms with E-state index in [0.717, 1.165) is 50.3 Å². The fourth-order valence-electron chi connectivity index (χ4n) is 3.14. The molecule has 0 atom stereocenters. The number of rotatable bonds is 6. The van der Waals surface area contributed by atoms with E-state index in [0.29, 0.717) is 6.54 Å². The van der Waals surface area contributed by atoms with Gasteiger partial charge in [0.1, 0.15) is 5.82 Å². The van der Waals surface area contributed by atoms with Crippen LogP contribution < -0.4 is 15.5 Å². The monoisotopic (exact) mass is 342 g/mol. The van der Waals surface area contributed by atoms with E-state index >= 15 is 0 Å². The molecule has 1 aliphatic rings. The van der Waals surface area contributed by atoms with Crippen LogP contribution in [0.5, 0.6) is 0 Å². The number of hydrogen-bond donors (Lipinski definition) is 3. The van der Waals surface area contributed by atoms with Crippen molar-refractivity contribution >= 4 is 11.8 Å². The number of carbonyl (C=O) groups excluding carboxylic acids is 1. The molecule has 2 aromatic heterocycles. The smallest absolute Gasteiger partial charge is 0.315 e. The van der Waals surface area contributed by atoms with Crippen molar-refractivity contribution < 1.29 is 4.79 Å². The maximum absolute atomic E-state index is 12.0. The number of pyridine rings is 1. The van der Waals surface area contributed by atoms with Crippen molar-refractivity contribution in [2.24, 2.45) is 0 Å². The molecule has 0 radical (unpaired) electrons. The number of anilines is 1. The highest BCUT2D eigenvalue weighted by molar-refractivity contribution is 5.74. The summed E-state index contributed by atoms with van der Waals surface area (Å²) < 4.78 is 0. The fraction of sp³-hybridized carbons (Fsp3) is 0.500. The van der Waals surface area contributed by atoms with E-state index in [9.17, 15) is 4.79 Å². The van der Waals surface area contributed by atoms with Gasteiger partial charge < -0.3 is 15.5 Å². The van der Waals surface area contributed by atoms with Gasteiger partial charge >= 0.3 is 6.03 Å². The molecule has 0 aromatic carbocycles. The highest BCUT2D eigenvalue weighted by atomic mass is 16.2. The zero-order chi connectivity index (χ0) is 17.5. The minimum Gasteiger partial charge on any atom is -0.356 e. The summed E-state index contributed by atoms with van der Waals surface area (Å²) in [6, 6.07) is 6.12. The second-order valence-electron chi connectivity index (χ2n) is 6.47. The summed E-state index contributed by atoms with van der Waals surface area (Å²) in [6.45, 7) is 4.52. The average Bonchev–Trinajstić information content (AvgIpc) is 3.05. The zero-order valence-electron chi connectivity index (χ0n) is 14.7. The van der Waals surface area contributed by atoms with Crippen LogP contribution in [-0.2, 0) is 6.42 Å². The summed E-state index contributed by atoms with van der Waals surface area (Å²) in [7, 11) is 0. The van der Waals surface area contributed by atoms with Gasteiger partial charge in [-0.2, -0.15) is 5.10 Å². The number of hydrogen-bond acceptors (Lipinski definition) is 4. The Morgan fingerprint density at radius 2 is 2.20 bits per heavy atom. The number of H-pyrrole nitrogens is 1. The van der Waals surface area contributed by atoms with Crippen LogP contribution >= 0.6 is 0 Å². The van der Waals surface area contributed by atoms with Gasteiger partial charge in [0, 0.05) is 37.6 Å². The number of carbonyl (C=O) groups is 1. The van der Waals surface area contributed by atoms with Crippen molar-refractivity contribution in [3.05, 3.63) is 41.9 Å². The first-order chi connectivity index (χ1) is 12.2. The largest absolute Gasteiger partial charge is 0.356 e. The van der Waals surface area contributed by atoms with Crippen LogP contribution in [0.25, 0.3) is 0 Å². The standard InChI is InChI=1S/C18H26N6O/c1-14-15(13-21-23-14)5-4-10-20-18(25)22-16-7-11-24(12-8-16)17-6-2-3-9-19-17/h2-3,6,9,13,16H,4-5,7-8,10-12H2,1H3,(H,21,23)(H2,20,22,25). The van der Waals surface area contributed by atoms with Crippen LogP contribution in [0.15, 0.2) is 30.6 Å². The quantitative estimate of drug-likeness (QED) is 0.701. The third kappa shape index (κ3) is 4.95. The predicted octanol–water partition coefficient (Wildman–Crippen LogP) is 2.01. The summed E-state index contributed by atoms with van der Waals surface area (Å²) in [5.74, 6) is 1.01. The van der Waals surface area contributed by atoms with Gasteiger partial charge in [-0.3, -0.25) is 5.10 Å². The maximum atomic E-state index is 12.0. The van der Waals surface area contributed by atoms with E-state index in [1.54, 1.807) is 0 Å². The van der Waals surface area contributed by atoms with Gasteiger partial charge in [0.25, 0.3) is 0 Å². The molecule has 1 aliphatic heterocycles. The summed E-state index contributed by atoms with van der Waals surface area (Å²) in [5.41, 5.74) is 2.31. The summed E-state index contributed by atoms with van der Waals surface area (Å²) in [5, 5.41) is 13.0. The molecule has 1 fully saturated rings. The Hall–Kier alpha value is -2.57. The Balaban J connectivity index is 1.32. The van der Waals surface area contributed by atoms with Gasteiger partial charge in [0.2, 0.25) is 0 Å². The molecule has 3 heterocycles. The van der Waals surface area contributed by atoms with Crippen LogP contribution in [0.2, 0.25) is 0 Å². The molecule has 0 bridgehead atoms. The second-order valence-corrected chi connectivity index (χ2v) is 6.47. The molecule has 0 saturated carbocycles. The molecule has 2 amide bonds. The average molecular weight is 342 g/mol. The predicted molar refractivity (Wildman–Crippen MR) is 97.7 cm³/mol. The number of piperidine rings is 1. The Labute approximate surface area is 148 Å². The van der Waals surface area contributed by atoms with Crippen molar-refractivity contribution in [1.82, 2.24) is 25.8 Å². The molecule has 3 N–H and O–H groups in total. The normalized spacial score (nSPS) is 15.2. The summed E-state index contributed by atoms with van der Waals surface area (Å²) in [6.07, 6.45) is 7.39. The lowest BCUT2D eigenvalue weighted by atomic mass is 10.1. The first-order valence-corrected chi connectivity index (χ1v) is 8.91. The molecule has 0 unspecified atom stereocenters. The molecule has 134 valence electrons. The topological polar surface area (TPSA) is 85.9 Å². The first kappa shape index (κ1) is 17.3. The molecule has 0 spiro atoms. The molecule has 7 nitrogen and oxygen atoms in total. The Kier molecular flexibility index (Phi) is 5.87. The highest BCUT2D eigenvalue weighted by Gasteiger charge is 2.21. The van der Waals surface area contributed by atoms with E-state index in [1.807, 2.05) is 37.5 Å². The molecule has 1 saturated heterocycles. The van der Waals surface area contributed by atoms with E-state index in [2.05, 4.69) is 30.7 Å². The van der Waals surface area contributed by atoms with Crippen LogP contribution in [0.1, 0.15) is 30.5 Å². The number of nitrogens with one attached hydrogen (secondary N) is 3. The van der Waals surface area contributed by atoms with Crippen LogP contribution in [0.4, 0.5) is 10.6 Å². The van der Waals surface area contributed by atoms with Crippen LogP contribution in [-0.4, -0.2) is 46.9 Å². The third-order valence-electron chi connectivity index (χ3n) is 4.65. The Morgan fingerprint density at radius 3 is 2.88 bits per heavy atom. The SMILES string of the molecule is Cc1[nH]ncc1CCCNC(=O)NC1CCN(c2ccccn2)CC1. The molecular weight excluding hydrogens is 316 g/mol. The second kappa shape index (κ2) is 8.50. The van der Waals surface area contributed by atoms with Crippen LogP contribution in [0.3, 0.4) is 0 Å². The zero-order valence-corrected chi connectivity index (χ0v) is 14.7. The Morgan fingerprint density at radius 1 is 1.36 bits per heavy atom. The van der Waals surface area contributed by atoms with E-state index in [-0.39, 0.29) is 12.1 Å². The van der Waals surface area contributed by atoms with Gasteiger partial charge in [0.05, 0.1) is 6.20 Å². The highest BCUT2D eigenvalue weighted by Crippen LogP contribution is 2.17. The molecule has 25 heavy (non-hydrogen) atoms. The van der Waals surface area contributed by atoms with Crippen molar-refractivity contribution in [1.29, 1.82) is 0 Å². The van der Waals surface area contributed by atoms with Crippen LogP contribution in [0, 0.1) is 6.92 Å². The van der Waals surface area contributed by atoms with Gasteiger partial charge in [-0.05, 0) is 50.3 Å². The lowest BCUT2D eigenvalue weighted by Crippen LogP contribution is -2.48. The van der Waals surface area contributed by atoms with E-state index in [1.165, 1.54) is 5.56 Å². The number of aromatic nitrogens is 3. The summed E-state index contributed by atoms with van der Waals surface area (Å²) in [4.78, 5) is 18.7. The third-order valence-corrected chi connectivity index (χ3v) is 4.65. The molecule has 3 rings (SSSR count). The number of urea groups is 1. The number of amides is 2. The Bertz CT molecular complexity index is 663. The lowest BCUT2D eigenvalue weighted by Gasteiger charge is -2.33. The van der Waals surface area contributed by atoms with Gasteiger partial charge in [-0.15, -0.1) is 0 Å². The maximum Gasteiger partial charge on any atom is 0.315 e. The van der Waals surface area contributed by atoms with Crippen molar-refractivity contribution in [3.63, 3.8) is 0 Å². The van der Waals surface area contributed by atoms with Gasteiger partial charge in [-0.1, -0.05) is 6.07 Å². The molecule has 7 heteroatoms. The molecular formula is C18H26N6O. The van der Waals surface area contributed by atoms with Crippen molar-refractivity contribution in [2.75, 3.05) is 24.5 Å². The molecule has 2 aromatic rings. The van der Waals surface area contributed by atoms with Crippen molar-refractivity contribution in [2.45, 2.75) is 38.6 Å². The number of aryl methyl sites for hydroxylation is 2. The first-order valence-electron chi connectivity index (χ1n) is 8.91. The van der Waals surface area contributed by atoms with E-state index in [4.69, 9.17) is 0 Å².